The van der Waals surface area contributed by atoms with Crippen molar-refractivity contribution in [3.8, 4) is 0 Å². The molecule has 0 radical (unpaired) electrons. The van der Waals surface area contributed by atoms with Gasteiger partial charge in [0.25, 0.3) is 0 Å². The van der Waals surface area contributed by atoms with Crippen molar-refractivity contribution >= 4 is 0 Å². The number of likely N-dealkylation sites (tertiary alicyclic amines) is 1. The molecule has 2 N–H and O–H groups in total. The summed E-state index contributed by atoms with van der Waals surface area (Å²) < 4.78 is 0. The van der Waals surface area contributed by atoms with Crippen molar-refractivity contribution in [3.63, 3.8) is 0 Å². The molecule has 98 valence electrons. The highest BCUT2D eigenvalue weighted by Gasteiger charge is 2.45. The number of aliphatic hydroxyl groups is 2. The molecule has 4 unspecified atom stereocenters. The highest BCUT2D eigenvalue weighted by molar-refractivity contribution is 4.98. The molecule has 0 aromatic rings. The van der Waals surface area contributed by atoms with Gasteiger partial charge in [-0.05, 0) is 38.5 Å². The van der Waals surface area contributed by atoms with Crippen LogP contribution in [0.25, 0.3) is 0 Å². The fraction of sp³-hybridized carbons (Fsp3) is 1.00. The Kier molecular flexibility index (Phi) is 3.18. The highest BCUT2D eigenvalue weighted by atomic mass is 16.3. The van der Waals surface area contributed by atoms with E-state index in [0.717, 1.165) is 45.2 Å². The summed E-state index contributed by atoms with van der Waals surface area (Å²) in [6.45, 7) is 1.99. The van der Waals surface area contributed by atoms with Gasteiger partial charge in [-0.2, -0.15) is 0 Å². The molecule has 3 heteroatoms. The normalized spacial score (nSPS) is 48.0. The lowest BCUT2D eigenvalue weighted by Crippen LogP contribution is -2.56. The molecular weight excluding hydrogens is 214 g/mol. The molecule has 0 aromatic heterocycles. The lowest BCUT2D eigenvalue weighted by molar-refractivity contribution is -0.109. The summed E-state index contributed by atoms with van der Waals surface area (Å²) in [5.41, 5.74) is -0.377. The molecule has 3 aliphatic rings. The maximum Gasteiger partial charge on any atom is 0.0700 e. The number of rotatable bonds is 1. The van der Waals surface area contributed by atoms with Gasteiger partial charge in [0, 0.05) is 25.0 Å². The molecule has 3 nitrogen and oxygen atoms in total. The van der Waals surface area contributed by atoms with Crippen molar-refractivity contribution in [1.29, 1.82) is 0 Å². The lowest BCUT2D eigenvalue weighted by atomic mass is 9.71. The first-order chi connectivity index (χ1) is 8.19. The number of aliphatic hydroxyl groups excluding tert-OH is 1. The number of nitrogens with zero attached hydrogens (tertiary/aromatic N) is 1. The number of hydrogen-bond acceptors (Lipinski definition) is 3. The lowest BCUT2D eigenvalue weighted by Gasteiger charge is -2.49. The van der Waals surface area contributed by atoms with E-state index in [4.69, 9.17) is 0 Å². The van der Waals surface area contributed by atoms with Crippen molar-refractivity contribution in [1.82, 2.24) is 4.90 Å². The maximum atomic E-state index is 10.6. The molecule has 1 aliphatic heterocycles. The Morgan fingerprint density at radius 3 is 2.65 bits per heavy atom. The van der Waals surface area contributed by atoms with Crippen molar-refractivity contribution in [2.75, 3.05) is 13.1 Å². The van der Waals surface area contributed by atoms with E-state index in [-0.39, 0.29) is 11.7 Å². The quantitative estimate of drug-likeness (QED) is 0.729. The molecule has 0 amide bonds. The Bertz CT molecular complexity index is 283. The van der Waals surface area contributed by atoms with Gasteiger partial charge in [0.05, 0.1) is 11.7 Å². The first-order valence-electron chi connectivity index (χ1n) is 7.33. The smallest absolute Gasteiger partial charge is 0.0700 e. The second-order valence-electron chi connectivity index (χ2n) is 6.36. The van der Waals surface area contributed by atoms with Gasteiger partial charge in [-0.15, -0.1) is 0 Å². The summed E-state index contributed by atoms with van der Waals surface area (Å²) in [4.78, 5) is 2.46. The van der Waals surface area contributed by atoms with Crippen LogP contribution < -0.4 is 0 Å². The summed E-state index contributed by atoms with van der Waals surface area (Å²) >= 11 is 0. The van der Waals surface area contributed by atoms with E-state index in [1.54, 1.807) is 0 Å². The minimum absolute atomic E-state index is 0.121. The van der Waals surface area contributed by atoms with Crippen molar-refractivity contribution in [2.24, 2.45) is 5.92 Å². The number of piperidine rings is 1. The average Bonchev–Trinajstić information content (AvgIpc) is 2.74. The van der Waals surface area contributed by atoms with E-state index in [1.165, 1.54) is 19.3 Å². The molecule has 2 saturated carbocycles. The van der Waals surface area contributed by atoms with Crippen LogP contribution in [0.5, 0.6) is 0 Å². The van der Waals surface area contributed by atoms with Gasteiger partial charge in [-0.3, -0.25) is 4.90 Å². The van der Waals surface area contributed by atoms with Crippen LogP contribution >= 0.6 is 0 Å². The molecule has 0 aromatic carbocycles. The molecule has 2 aliphatic carbocycles. The summed E-state index contributed by atoms with van der Waals surface area (Å²) in [6.07, 6.45) is 8.71. The van der Waals surface area contributed by atoms with Crippen LogP contribution in [0.15, 0.2) is 0 Å². The third kappa shape index (κ3) is 2.13. The predicted octanol–water partition coefficient (Wildman–Crippen LogP) is 1.53. The standard InChI is InChI=1S/C14H25NO2/c16-13-6-3-5-12(13)15-9-8-14(17)7-2-1-4-11(14)10-15/h11-13,16-17H,1-10H2. The molecule has 4 atom stereocenters. The molecule has 1 heterocycles. The molecule has 3 fully saturated rings. The first-order valence-corrected chi connectivity index (χ1v) is 7.33. The van der Waals surface area contributed by atoms with Crippen molar-refractivity contribution < 1.29 is 10.2 Å². The number of fused-ring (bicyclic) bond motifs is 1. The van der Waals surface area contributed by atoms with E-state index in [0.29, 0.717) is 12.0 Å². The van der Waals surface area contributed by atoms with Crippen molar-refractivity contribution in [3.05, 3.63) is 0 Å². The van der Waals surface area contributed by atoms with Crippen LogP contribution in [-0.4, -0.2) is 45.9 Å². The Hall–Kier alpha value is -0.120. The van der Waals surface area contributed by atoms with E-state index < -0.39 is 0 Å². The summed E-state index contributed by atoms with van der Waals surface area (Å²) in [7, 11) is 0. The average molecular weight is 239 g/mol. The zero-order valence-electron chi connectivity index (χ0n) is 10.6. The maximum absolute atomic E-state index is 10.6. The Balaban J connectivity index is 1.67. The van der Waals surface area contributed by atoms with Gasteiger partial charge in [-0.1, -0.05) is 12.8 Å². The fourth-order valence-electron chi connectivity index (χ4n) is 4.24. The highest BCUT2D eigenvalue weighted by Crippen LogP contribution is 2.41. The number of hydrogen-bond donors (Lipinski definition) is 2. The predicted molar refractivity (Wildman–Crippen MR) is 66.7 cm³/mol. The summed E-state index contributed by atoms with van der Waals surface area (Å²) in [6, 6.07) is 0.376. The van der Waals surface area contributed by atoms with E-state index in [9.17, 15) is 10.2 Å². The van der Waals surface area contributed by atoms with Crippen LogP contribution in [0, 0.1) is 5.92 Å². The zero-order valence-corrected chi connectivity index (χ0v) is 10.6. The fourth-order valence-corrected chi connectivity index (χ4v) is 4.24. The van der Waals surface area contributed by atoms with Crippen LogP contribution in [0.3, 0.4) is 0 Å². The third-order valence-electron chi connectivity index (χ3n) is 5.37. The van der Waals surface area contributed by atoms with Crippen molar-refractivity contribution in [2.45, 2.75) is 69.1 Å². The molecule has 0 spiro atoms. The van der Waals surface area contributed by atoms with Crippen LogP contribution in [-0.2, 0) is 0 Å². The molecular formula is C14H25NO2. The largest absolute Gasteiger partial charge is 0.391 e. The second kappa shape index (κ2) is 4.52. The molecule has 17 heavy (non-hydrogen) atoms. The topological polar surface area (TPSA) is 43.7 Å². The molecule has 0 bridgehead atoms. The monoisotopic (exact) mass is 239 g/mol. The van der Waals surface area contributed by atoms with E-state index in [2.05, 4.69) is 4.90 Å². The third-order valence-corrected chi connectivity index (χ3v) is 5.37. The van der Waals surface area contributed by atoms with Crippen LogP contribution in [0.1, 0.15) is 51.4 Å². The Labute approximate surface area is 104 Å². The van der Waals surface area contributed by atoms with Crippen LogP contribution in [0.4, 0.5) is 0 Å². The van der Waals surface area contributed by atoms with Crippen LogP contribution in [0.2, 0.25) is 0 Å². The van der Waals surface area contributed by atoms with Gasteiger partial charge in [-0.25, -0.2) is 0 Å². The molecule has 3 rings (SSSR count). The van der Waals surface area contributed by atoms with Gasteiger partial charge in [0.15, 0.2) is 0 Å². The summed E-state index contributed by atoms with van der Waals surface area (Å²) in [5.74, 6) is 0.456. The Morgan fingerprint density at radius 1 is 1.00 bits per heavy atom. The first kappa shape index (κ1) is 11.9. The zero-order chi connectivity index (χ0) is 11.9. The SMILES string of the molecule is OC1CCCC1N1CCC2(O)CCCCC2C1. The van der Waals surface area contributed by atoms with E-state index >= 15 is 0 Å². The minimum Gasteiger partial charge on any atom is -0.391 e. The van der Waals surface area contributed by atoms with Gasteiger partial charge in [0.2, 0.25) is 0 Å². The van der Waals surface area contributed by atoms with E-state index in [1.807, 2.05) is 0 Å². The Morgan fingerprint density at radius 2 is 1.88 bits per heavy atom. The van der Waals surface area contributed by atoms with Gasteiger partial charge >= 0.3 is 0 Å². The minimum atomic E-state index is -0.377. The molecule has 1 saturated heterocycles. The second-order valence-corrected chi connectivity index (χ2v) is 6.36. The van der Waals surface area contributed by atoms with Gasteiger partial charge in [0.1, 0.15) is 0 Å². The van der Waals surface area contributed by atoms with Gasteiger partial charge < -0.3 is 10.2 Å². The summed E-state index contributed by atoms with van der Waals surface area (Å²) in [5, 5.41) is 20.6.